The van der Waals surface area contributed by atoms with Gasteiger partial charge in [0.25, 0.3) is 0 Å². The van der Waals surface area contributed by atoms with Crippen molar-refractivity contribution in [1.82, 2.24) is 0 Å². The standard InChI is InChI=1S/C14H18ClFOS/c15-11-6-5-10(14(16)8-11)7-12(17)9-18-13-3-1-2-4-13/h5-6,8,12-13,17H,1-4,7,9H2. The Labute approximate surface area is 117 Å². The number of rotatable bonds is 5. The highest BCUT2D eigenvalue weighted by molar-refractivity contribution is 7.99. The normalized spacial score (nSPS) is 18.2. The lowest BCUT2D eigenvalue weighted by atomic mass is 10.1. The van der Waals surface area contributed by atoms with Gasteiger partial charge in [0.05, 0.1) is 6.10 Å². The quantitative estimate of drug-likeness (QED) is 0.882. The largest absolute Gasteiger partial charge is 0.392 e. The molecule has 18 heavy (non-hydrogen) atoms. The minimum absolute atomic E-state index is 0.326. The number of halogens is 2. The maximum atomic E-state index is 13.5. The molecule has 0 radical (unpaired) electrons. The Kier molecular flexibility index (Phi) is 5.34. The van der Waals surface area contributed by atoms with E-state index >= 15 is 0 Å². The lowest BCUT2D eigenvalue weighted by Crippen LogP contribution is -2.16. The number of aliphatic hydroxyl groups is 1. The van der Waals surface area contributed by atoms with Gasteiger partial charge in [-0.05, 0) is 30.5 Å². The van der Waals surface area contributed by atoms with Crippen LogP contribution in [0.25, 0.3) is 0 Å². The molecule has 1 aromatic rings. The molecule has 1 nitrogen and oxygen atoms in total. The summed E-state index contributed by atoms with van der Waals surface area (Å²) in [5.41, 5.74) is 0.541. The van der Waals surface area contributed by atoms with Gasteiger partial charge in [-0.25, -0.2) is 4.39 Å². The third-order valence-corrected chi connectivity index (χ3v) is 5.05. The van der Waals surface area contributed by atoms with Gasteiger partial charge in [0.1, 0.15) is 5.82 Å². The topological polar surface area (TPSA) is 20.2 Å². The highest BCUT2D eigenvalue weighted by Gasteiger charge is 2.17. The van der Waals surface area contributed by atoms with E-state index in [1.807, 2.05) is 11.8 Å². The number of hydrogen-bond acceptors (Lipinski definition) is 2. The van der Waals surface area contributed by atoms with Crippen molar-refractivity contribution in [1.29, 1.82) is 0 Å². The van der Waals surface area contributed by atoms with Gasteiger partial charge >= 0.3 is 0 Å². The first kappa shape index (κ1) is 14.2. The zero-order valence-corrected chi connectivity index (χ0v) is 11.8. The van der Waals surface area contributed by atoms with Crippen molar-refractivity contribution in [3.8, 4) is 0 Å². The first-order valence-electron chi connectivity index (χ1n) is 6.39. The summed E-state index contributed by atoms with van der Waals surface area (Å²) in [7, 11) is 0. The fourth-order valence-electron chi connectivity index (χ4n) is 2.30. The van der Waals surface area contributed by atoms with E-state index in [0.29, 0.717) is 28.0 Å². The molecule has 1 aromatic carbocycles. The van der Waals surface area contributed by atoms with Crippen molar-refractivity contribution in [2.24, 2.45) is 0 Å². The summed E-state index contributed by atoms with van der Waals surface area (Å²) < 4.78 is 13.5. The van der Waals surface area contributed by atoms with Crippen molar-refractivity contribution in [3.05, 3.63) is 34.6 Å². The molecule has 1 saturated carbocycles. The first-order chi connectivity index (χ1) is 8.65. The van der Waals surface area contributed by atoms with Crippen LogP contribution < -0.4 is 0 Å². The fourth-order valence-corrected chi connectivity index (χ4v) is 3.74. The molecule has 0 heterocycles. The second-order valence-corrected chi connectivity index (χ2v) is 6.60. The van der Waals surface area contributed by atoms with E-state index in [9.17, 15) is 9.50 Å². The molecule has 1 aliphatic carbocycles. The Morgan fingerprint density at radius 2 is 2.11 bits per heavy atom. The molecule has 4 heteroatoms. The molecule has 0 amide bonds. The average molecular weight is 289 g/mol. The van der Waals surface area contributed by atoms with Gasteiger partial charge in [0, 0.05) is 22.4 Å². The van der Waals surface area contributed by atoms with E-state index in [2.05, 4.69) is 0 Å². The number of benzene rings is 1. The lowest BCUT2D eigenvalue weighted by Gasteiger charge is -2.14. The van der Waals surface area contributed by atoms with E-state index in [1.54, 1.807) is 12.1 Å². The Balaban J connectivity index is 1.80. The van der Waals surface area contributed by atoms with Crippen LogP contribution in [0, 0.1) is 5.82 Å². The molecule has 1 unspecified atom stereocenters. The third kappa shape index (κ3) is 4.15. The van der Waals surface area contributed by atoms with Gasteiger partial charge in [-0.2, -0.15) is 11.8 Å². The summed E-state index contributed by atoms with van der Waals surface area (Å²) in [4.78, 5) is 0. The minimum atomic E-state index is -0.480. The summed E-state index contributed by atoms with van der Waals surface area (Å²) in [5.74, 6) is 0.361. The van der Waals surface area contributed by atoms with E-state index in [4.69, 9.17) is 11.6 Å². The second kappa shape index (κ2) is 6.78. The van der Waals surface area contributed by atoms with Gasteiger partial charge in [-0.15, -0.1) is 0 Å². The van der Waals surface area contributed by atoms with Gasteiger partial charge in [0.15, 0.2) is 0 Å². The molecule has 0 aromatic heterocycles. The second-order valence-electron chi connectivity index (χ2n) is 4.83. The van der Waals surface area contributed by atoms with Crippen LogP contribution in [0.5, 0.6) is 0 Å². The Hall–Kier alpha value is -0.250. The van der Waals surface area contributed by atoms with Gasteiger partial charge in [0.2, 0.25) is 0 Å². The molecular weight excluding hydrogens is 271 g/mol. The molecule has 0 bridgehead atoms. The summed E-state index contributed by atoms with van der Waals surface area (Å²) in [6.45, 7) is 0. The molecular formula is C14H18ClFOS. The predicted octanol–water partition coefficient (Wildman–Crippen LogP) is 4.06. The molecule has 1 aliphatic rings. The van der Waals surface area contributed by atoms with Crippen molar-refractivity contribution < 1.29 is 9.50 Å². The summed E-state index contributed by atoms with van der Waals surface area (Å²) in [5, 5.41) is 11.0. The van der Waals surface area contributed by atoms with Crippen LogP contribution in [0.4, 0.5) is 4.39 Å². The minimum Gasteiger partial charge on any atom is -0.392 e. The Bertz CT molecular complexity index is 393. The lowest BCUT2D eigenvalue weighted by molar-refractivity contribution is 0.198. The van der Waals surface area contributed by atoms with Crippen molar-refractivity contribution in [3.63, 3.8) is 0 Å². The van der Waals surface area contributed by atoms with Crippen LogP contribution in [-0.4, -0.2) is 22.2 Å². The molecule has 100 valence electrons. The molecule has 1 atom stereocenters. The molecule has 1 N–H and O–H groups in total. The number of thioether (sulfide) groups is 1. The van der Waals surface area contributed by atoms with Crippen LogP contribution in [0.2, 0.25) is 5.02 Å². The van der Waals surface area contributed by atoms with Crippen LogP contribution in [0.3, 0.4) is 0 Å². The van der Waals surface area contributed by atoms with Crippen molar-refractivity contribution in [2.75, 3.05) is 5.75 Å². The average Bonchev–Trinajstić information content (AvgIpc) is 2.83. The van der Waals surface area contributed by atoms with Crippen LogP contribution >= 0.6 is 23.4 Å². The Morgan fingerprint density at radius 1 is 1.39 bits per heavy atom. The first-order valence-corrected chi connectivity index (χ1v) is 7.81. The predicted molar refractivity (Wildman–Crippen MR) is 75.8 cm³/mol. The van der Waals surface area contributed by atoms with Gasteiger partial charge < -0.3 is 5.11 Å². The van der Waals surface area contributed by atoms with Crippen molar-refractivity contribution >= 4 is 23.4 Å². The summed E-state index contributed by atoms with van der Waals surface area (Å²) >= 11 is 7.52. The maximum Gasteiger partial charge on any atom is 0.127 e. The van der Waals surface area contributed by atoms with E-state index in [0.717, 1.165) is 0 Å². The summed E-state index contributed by atoms with van der Waals surface area (Å²) in [6.07, 6.45) is 5.01. The van der Waals surface area contributed by atoms with Crippen LogP contribution in [0.1, 0.15) is 31.2 Å². The van der Waals surface area contributed by atoms with E-state index < -0.39 is 6.10 Å². The van der Waals surface area contributed by atoms with Crippen LogP contribution in [-0.2, 0) is 6.42 Å². The zero-order valence-electron chi connectivity index (χ0n) is 10.2. The van der Waals surface area contributed by atoms with E-state index in [1.165, 1.54) is 31.7 Å². The number of aliphatic hydroxyl groups excluding tert-OH is 1. The molecule has 0 saturated heterocycles. The molecule has 2 rings (SSSR count). The van der Waals surface area contributed by atoms with Gasteiger partial charge in [-0.3, -0.25) is 0 Å². The number of hydrogen-bond donors (Lipinski definition) is 1. The SMILES string of the molecule is OC(CSC1CCCC1)Cc1ccc(Cl)cc1F. The molecule has 0 aliphatic heterocycles. The molecule has 0 spiro atoms. The van der Waals surface area contributed by atoms with Crippen LogP contribution in [0.15, 0.2) is 18.2 Å². The zero-order chi connectivity index (χ0) is 13.0. The van der Waals surface area contributed by atoms with Crippen molar-refractivity contribution in [2.45, 2.75) is 43.5 Å². The Morgan fingerprint density at radius 3 is 2.78 bits per heavy atom. The monoisotopic (exact) mass is 288 g/mol. The molecule has 1 fully saturated rings. The highest BCUT2D eigenvalue weighted by atomic mass is 35.5. The highest BCUT2D eigenvalue weighted by Crippen LogP contribution is 2.30. The third-order valence-electron chi connectivity index (χ3n) is 3.30. The maximum absolute atomic E-state index is 13.5. The van der Waals surface area contributed by atoms with E-state index in [-0.39, 0.29) is 5.82 Å². The summed E-state index contributed by atoms with van der Waals surface area (Å²) in [6, 6.07) is 4.62. The smallest absolute Gasteiger partial charge is 0.127 e. The fraction of sp³-hybridized carbons (Fsp3) is 0.571. The van der Waals surface area contributed by atoms with Gasteiger partial charge in [-0.1, -0.05) is 30.5 Å².